The van der Waals surface area contributed by atoms with Gasteiger partial charge in [-0.3, -0.25) is 4.99 Å². The highest BCUT2D eigenvalue weighted by Gasteiger charge is 2.41. The fourth-order valence-corrected chi connectivity index (χ4v) is 2.51. The van der Waals surface area contributed by atoms with Crippen molar-refractivity contribution in [3.8, 4) is 0 Å². The number of nitrogens with zero attached hydrogens (tertiary/aromatic N) is 2. The first-order valence-corrected chi connectivity index (χ1v) is 8.49. The Labute approximate surface area is 157 Å². The summed E-state index contributed by atoms with van der Waals surface area (Å²) in [6, 6.07) is 4.10. The lowest BCUT2D eigenvalue weighted by atomic mass is 10.0. The highest BCUT2D eigenvalue weighted by molar-refractivity contribution is 14.0. The predicted molar refractivity (Wildman–Crippen MR) is 107 cm³/mol. The van der Waals surface area contributed by atoms with Gasteiger partial charge in [0, 0.05) is 51.8 Å². The molecule has 0 saturated heterocycles. The number of aliphatic imine (C=N–C) groups is 1. The molecular formula is C17H31IN4O. The number of guanidine groups is 1. The first kappa shape index (κ1) is 20.3. The van der Waals surface area contributed by atoms with Gasteiger partial charge in [0.25, 0.3) is 0 Å². The smallest absolute Gasteiger partial charge is 0.191 e. The summed E-state index contributed by atoms with van der Waals surface area (Å²) in [4.78, 5) is 4.77. The molecule has 0 aliphatic heterocycles. The highest BCUT2D eigenvalue weighted by Crippen LogP contribution is 2.48. The standard InChI is InChI=1S/C17H30N4O.HI/c1-3-18-16(19-10-13-21-11-5-6-12-21)20-15-17(7-8-17)9-14-22-4-2;/h5-6,11-12H,3-4,7-10,13-15H2,1-2H3,(H2,18,19,20);1H. The summed E-state index contributed by atoms with van der Waals surface area (Å²) in [6.07, 6.45) is 7.86. The van der Waals surface area contributed by atoms with Gasteiger partial charge in [-0.1, -0.05) is 0 Å². The minimum Gasteiger partial charge on any atom is -0.382 e. The van der Waals surface area contributed by atoms with Gasteiger partial charge in [0.1, 0.15) is 0 Å². The molecule has 1 aromatic rings. The van der Waals surface area contributed by atoms with Crippen molar-refractivity contribution < 1.29 is 4.74 Å². The Morgan fingerprint density at radius 3 is 2.57 bits per heavy atom. The van der Waals surface area contributed by atoms with Crippen molar-refractivity contribution in [1.29, 1.82) is 0 Å². The molecule has 1 saturated carbocycles. The van der Waals surface area contributed by atoms with Crippen LogP contribution in [0, 0.1) is 5.41 Å². The molecule has 0 radical (unpaired) electrons. The second-order valence-corrected chi connectivity index (χ2v) is 5.99. The van der Waals surface area contributed by atoms with Gasteiger partial charge in [-0.25, -0.2) is 0 Å². The number of rotatable bonds is 10. The lowest BCUT2D eigenvalue weighted by Crippen LogP contribution is -2.39. The summed E-state index contributed by atoms with van der Waals surface area (Å²) < 4.78 is 7.66. The van der Waals surface area contributed by atoms with E-state index in [-0.39, 0.29) is 24.0 Å². The van der Waals surface area contributed by atoms with Crippen LogP contribution in [-0.4, -0.2) is 43.4 Å². The first-order valence-electron chi connectivity index (χ1n) is 8.49. The molecule has 23 heavy (non-hydrogen) atoms. The van der Waals surface area contributed by atoms with Crippen molar-refractivity contribution >= 4 is 29.9 Å². The average Bonchev–Trinajstić information content (AvgIpc) is 3.09. The third-order valence-electron chi connectivity index (χ3n) is 4.18. The minimum atomic E-state index is 0. The van der Waals surface area contributed by atoms with Crippen LogP contribution in [0.25, 0.3) is 0 Å². The van der Waals surface area contributed by atoms with E-state index >= 15 is 0 Å². The number of nitrogens with one attached hydrogen (secondary N) is 2. The van der Waals surface area contributed by atoms with Crippen LogP contribution < -0.4 is 10.6 Å². The molecule has 6 heteroatoms. The van der Waals surface area contributed by atoms with Gasteiger partial charge in [-0.2, -0.15) is 0 Å². The van der Waals surface area contributed by atoms with Crippen LogP contribution in [0.5, 0.6) is 0 Å². The summed E-state index contributed by atoms with van der Waals surface area (Å²) in [5.41, 5.74) is 0.401. The molecule has 1 aromatic heterocycles. The number of ether oxygens (including phenoxy) is 1. The molecule has 1 aliphatic rings. The lowest BCUT2D eigenvalue weighted by Gasteiger charge is -2.15. The Kier molecular flexibility index (Phi) is 9.62. The van der Waals surface area contributed by atoms with E-state index in [4.69, 9.17) is 9.73 Å². The second kappa shape index (κ2) is 10.9. The molecule has 0 spiro atoms. The van der Waals surface area contributed by atoms with E-state index in [0.717, 1.165) is 51.8 Å². The van der Waals surface area contributed by atoms with Crippen molar-refractivity contribution in [2.75, 3.05) is 32.8 Å². The van der Waals surface area contributed by atoms with Crippen LogP contribution in [-0.2, 0) is 11.3 Å². The predicted octanol–water partition coefficient (Wildman–Crippen LogP) is 2.87. The van der Waals surface area contributed by atoms with Gasteiger partial charge in [0.05, 0.1) is 0 Å². The molecule has 2 N–H and O–H groups in total. The summed E-state index contributed by atoms with van der Waals surface area (Å²) >= 11 is 0. The van der Waals surface area contributed by atoms with Crippen molar-refractivity contribution in [1.82, 2.24) is 15.2 Å². The number of halogens is 1. The Hall–Kier alpha value is -0.760. The normalized spacial score (nSPS) is 15.8. The monoisotopic (exact) mass is 434 g/mol. The van der Waals surface area contributed by atoms with Crippen molar-refractivity contribution in [2.24, 2.45) is 10.4 Å². The molecule has 5 nitrogen and oxygen atoms in total. The van der Waals surface area contributed by atoms with Crippen LogP contribution in [0.1, 0.15) is 33.1 Å². The molecule has 1 fully saturated rings. The topological polar surface area (TPSA) is 50.6 Å². The van der Waals surface area contributed by atoms with E-state index in [1.807, 2.05) is 0 Å². The zero-order chi connectivity index (χ0) is 15.7. The lowest BCUT2D eigenvalue weighted by molar-refractivity contribution is 0.129. The van der Waals surface area contributed by atoms with Gasteiger partial charge in [-0.05, 0) is 50.7 Å². The molecule has 2 rings (SSSR count). The van der Waals surface area contributed by atoms with E-state index in [0.29, 0.717) is 5.41 Å². The molecule has 0 bridgehead atoms. The van der Waals surface area contributed by atoms with E-state index in [1.165, 1.54) is 12.8 Å². The first-order chi connectivity index (χ1) is 10.8. The summed E-state index contributed by atoms with van der Waals surface area (Å²) in [6.45, 7) is 9.45. The van der Waals surface area contributed by atoms with Crippen LogP contribution in [0.2, 0.25) is 0 Å². The Morgan fingerprint density at radius 2 is 1.96 bits per heavy atom. The Morgan fingerprint density at radius 1 is 1.22 bits per heavy atom. The van der Waals surface area contributed by atoms with Gasteiger partial charge in [-0.15, -0.1) is 24.0 Å². The van der Waals surface area contributed by atoms with Crippen molar-refractivity contribution in [2.45, 2.75) is 39.7 Å². The third kappa shape index (κ3) is 7.56. The van der Waals surface area contributed by atoms with Gasteiger partial charge < -0.3 is 19.9 Å². The molecule has 0 unspecified atom stereocenters. The molecule has 1 heterocycles. The van der Waals surface area contributed by atoms with Crippen LogP contribution in [0.3, 0.4) is 0 Å². The largest absolute Gasteiger partial charge is 0.382 e. The van der Waals surface area contributed by atoms with E-state index in [9.17, 15) is 0 Å². The van der Waals surface area contributed by atoms with Gasteiger partial charge in [0.2, 0.25) is 0 Å². The Bertz CT molecular complexity index is 443. The molecular weight excluding hydrogens is 403 g/mol. The molecule has 0 aromatic carbocycles. The molecule has 0 atom stereocenters. The van der Waals surface area contributed by atoms with Crippen LogP contribution in [0.4, 0.5) is 0 Å². The van der Waals surface area contributed by atoms with Crippen molar-refractivity contribution in [3.63, 3.8) is 0 Å². The molecule has 1 aliphatic carbocycles. The van der Waals surface area contributed by atoms with Crippen LogP contribution >= 0.6 is 24.0 Å². The van der Waals surface area contributed by atoms with Crippen LogP contribution in [0.15, 0.2) is 29.5 Å². The Balaban J connectivity index is 0.00000264. The zero-order valence-electron chi connectivity index (χ0n) is 14.4. The SMILES string of the molecule is CCNC(=NCC1(CCOCC)CC1)NCCn1cccc1.I. The maximum absolute atomic E-state index is 5.49. The summed E-state index contributed by atoms with van der Waals surface area (Å²) in [7, 11) is 0. The minimum absolute atomic E-state index is 0. The summed E-state index contributed by atoms with van der Waals surface area (Å²) in [5, 5.41) is 6.74. The van der Waals surface area contributed by atoms with E-state index in [2.05, 4.69) is 53.6 Å². The third-order valence-corrected chi connectivity index (χ3v) is 4.18. The fraction of sp³-hybridized carbons (Fsp3) is 0.706. The maximum Gasteiger partial charge on any atom is 0.191 e. The maximum atomic E-state index is 5.49. The average molecular weight is 434 g/mol. The number of aromatic nitrogens is 1. The fourth-order valence-electron chi connectivity index (χ4n) is 2.51. The molecule has 0 amide bonds. The quantitative estimate of drug-likeness (QED) is 0.258. The number of hydrogen-bond acceptors (Lipinski definition) is 2. The van der Waals surface area contributed by atoms with Gasteiger partial charge >= 0.3 is 0 Å². The summed E-state index contributed by atoms with van der Waals surface area (Å²) in [5.74, 6) is 0.928. The molecule has 132 valence electrons. The van der Waals surface area contributed by atoms with E-state index in [1.54, 1.807) is 0 Å². The van der Waals surface area contributed by atoms with E-state index < -0.39 is 0 Å². The number of hydrogen-bond donors (Lipinski definition) is 2. The second-order valence-electron chi connectivity index (χ2n) is 5.99. The van der Waals surface area contributed by atoms with Gasteiger partial charge in [0.15, 0.2) is 5.96 Å². The van der Waals surface area contributed by atoms with Crippen molar-refractivity contribution in [3.05, 3.63) is 24.5 Å². The highest BCUT2D eigenvalue weighted by atomic mass is 127. The zero-order valence-corrected chi connectivity index (χ0v) is 16.7.